The van der Waals surface area contributed by atoms with Crippen molar-refractivity contribution in [2.75, 3.05) is 0 Å². The largest absolute Gasteiger partial charge is 0.333 e. The Morgan fingerprint density at radius 2 is 1.76 bits per heavy atom. The van der Waals surface area contributed by atoms with Crippen LogP contribution in [0.2, 0.25) is 0 Å². The molecule has 0 unspecified atom stereocenters. The predicted molar refractivity (Wildman–Crippen MR) is 68.2 cm³/mol. The first-order chi connectivity index (χ1) is 8.04. The Morgan fingerprint density at radius 1 is 1.12 bits per heavy atom. The highest BCUT2D eigenvalue weighted by atomic mass is 16.1. The van der Waals surface area contributed by atoms with Gasteiger partial charge in [0.25, 0.3) is 0 Å². The molecule has 0 aliphatic heterocycles. The highest BCUT2D eigenvalue weighted by Crippen LogP contribution is 2.27. The summed E-state index contributed by atoms with van der Waals surface area (Å²) in [6, 6.07) is 4.26. The third-order valence-corrected chi connectivity index (χ3v) is 3.17. The molecule has 0 aliphatic carbocycles. The number of benzene rings is 1. The Balaban J connectivity index is 2.72. The zero-order chi connectivity index (χ0) is 12.6. The van der Waals surface area contributed by atoms with Crippen LogP contribution in [0.25, 0.3) is 11.3 Å². The highest BCUT2D eigenvalue weighted by Gasteiger charge is 2.13. The van der Waals surface area contributed by atoms with Gasteiger partial charge in [-0.15, -0.1) is 0 Å². The molecule has 0 N–H and O–H groups in total. The third-order valence-electron chi connectivity index (χ3n) is 3.17. The summed E-state index contributed by atoms with van der Waals surface area (Å²) in [6.07, 6.45) is 2.48. The normalized spacial score (nSPS) is 10.6. The molecule has 0 saturated heterocycles. The minimum absolute atomic E-state index is 0.499. The molecule has 3 heteroatoms. The first-order valence-corrected chi connectivity index (χ1v) is 5.59. The predicted octanol–water partition coefficient (Wildman–Crippen LogP) is 2.82. The van der Waals surface area contributed by atoms with Crippen molar-refractivity contribution in [3.05, 3.63) is 40.8 Å². The molecule has 0 aliphatic rings. The molecule has 0 bridgehead atoms. The number of hydrogen-bond acceptors (Lipinski definition) is 2. The van der Waals surface area contributed by atoms with Gasteiger partial charge in [0.05, 0.1) is 12.0 Å². The van der Waals surface area contributed by atoms with Gasteiger partial charge in [-0.3, -0.25) is 4.79 Å². The third kappa shape index (κ3) is 1.88. The minimum atomic E-state index is 0.499. The second-order valence-electron chi connectivity index (χ2n) is 4.46. The molecule has 1 aromatic heterocycles. The molecule has 17 heavy (non-hydrogen) atoms. The van der Waals surface area contributed by atoms with Crippen molar-refractivity contribution in [2.24, 2.45) is 7.05 Å². The van der Waals surface area contributed by atoms with E-state index in [1.165, 1.54) is 16.7 Å². The number of carbonyl (C=O) groups excluding carboxylic acids is 1. The van der Waals surface area contributed by atoms with E-state index in [-0.39, 0.29) is 0 Å². The summed E-state index contributed by atoms with van der Waals surface area (Å²) in [7, 11) is 1.91. The summed E-state index contributed by atoms with van der Waals surface area (Å²) in [6.45, 7) is 6.23. The highest BCUT2D eigenvalue weighted by molar-refractivity contribution is 5.84. The zero-order valence-electron chi connectivity index (χ0n) is 10.6. The fourth-order valence-corrected chi connectivity index (χ4v) is 2.08. The molecule has 1 heterocycles. The molecule has 88 valence electrons. The van der Waals surface area contributed by atoms with Crippen molar-refractivity contribution in [2.45, 2.75) is 20.8 Å². The number of carbonyl (C=O) groups is 1. The average molecular weight is 228 g/mol. The maximum absolute atomic E-state index is 11.0. The maximum atomic E-state index is 11.0. The topological polar surface area (TPSA) is 34.9 Å². The number of nitrogens with zero attached hydrogens (tertiary/aromatic N) is 2. The molecule has 0 fully saturated rings. The summed E-state index contributed by atoms with van der Waals surface area (Å²) < 4.78 is 1.89. The van der Waals surface area contributed by atoms with Gasteiger partial charge < -0.3 is 4.57 Å². The fourth-order valence-electron chi connectivity index (χ4n) is 2.08. The van der Waals surface area contributed by atoms with Crippen molar-refractivity contribution in [1.82, 2.24) is 9.55 Å². The SMILES string of the molecule is Cc1cc(C)c(-c2c(C=O)ncn2C)cc1C. The number of rotatable bonds is 2. The number of hydrogen-bond donors (Lipinski definition) is 0. The lowest BCUT2D eigenvalue weighted by Gasteiger charge is -2.11. The molecule has 0 amide bonds. The van der Waals surface area contributed by atoms with E-state index in [9.17, 15) is 4.79 Å². The zero-order valence-corrected chi connectivity index (χ0v) is 10.6. The van der Waals surface area contributed by atoms with E-state index >= 15 is 0 Å². The van der Waals surface area contributed by atoms with Crippen LogP contribution in [-0.2, 0) is 7.05 Å². The van der Waals surface area contributed by atoms with Gasteiger partial charge in [0.1, 0.15) is 5.69 Å². The second kappa shape index (κ2) is 4.17. The Hall–Kier alpha value is -1.90. The van der Waals surface area contributed by atoms with Crippen LogP contribution in [0.15, 0.2) is 18.5 Å². The molecule has 1 aromatic carbocycles. The summed E-state index contributed by atoms with van der Waals surface area (Å²) in [4.78, 5) is 15.1. The Labute approximate surface area is 101 Å². The van der Waals surface area contributed by atoms with E-state index in [2.05, 4.69) is 37.9 Å². The summed E-state index contributed by atoms with van der Waals surface area (Å²) in [5.41, 5.74) is 6.12. The summed E-state index contributed by atoms with van der Waals surface area (Å²) in [5.74, 6) is 0. The molecular formula is C14H16N2O. The smallest absolute Gasteiger partial charge is 0.170 e. The van der Waals surface area contributed by atoms with Crippen LogP contribution in [0.4, 0.5) is 0 Å². The molecule has 0 radical (unpaired) electrons. The summed E-state index contributed by atoms with van der Waals surface area (Å²) in [5, 5.41) is 0. The quantitative estimate of drug-likeness (QED) is 0.741. The van der Waals surface area contributed by atoms with Crippen LogP contribution in [0.5, 0.6) is 0 Å². The molecule has 2 aromatic rings. The van der Waals surface area contributed by atoms with Gasteiger partial charge in [-0.1, -0.05) is 6.07 Å². The lowest BCUT2D eigenvalue weighted by atomic mass is 9.98. The van der Waals surface area contributed by atoms with Crippen molar-refractivity contribution < 1.29 is 4.79 Å². The minimum Gasteiger partial charge on any atom is -0.333 e. The van der Waals surface area contributed by atoms with Crippen molar-refractivity contribution in [1.29, 1.82) is 0 Å². The van der Waals surface area contributed by atoms with Crippen LogP contribution >= 0.6 is 0 Å². The van der Waals surface area contributed by atoms with E-state index < -0.39 is 0 Å². The molecule has 2 rings (SSSR count). The van der Waals surface area contributed by atoms with Gasteiger partial charge in [-0.2, -0.15) is 0 Å². The summed E-state index contributed by atoms with van der Waals surface area (Å²) >= 11 is 0. The Kier molecular flexibility index (Phi) is 2.84. The lowest BCUT2D eigenvalue weighted by Crippen LogP contribution is -1.97. The maximum Gasteiger partial charge on any atom is 0.170 e. The van der Waals surface area contributed by atoms with E-state index in [1.54, 1.807) is 6.33 Å². The number of aryl methyl sites for hydroxylation is 4. The van der Waals surface area contributed by atoms with Crippen LogP contribution in [0, 0.1) is 20.8 Å². The van der Waals surface area contributed by atoms with Gasteiger partial charge in [0.2, 0.25) is 0 Å². The number of aromatic nitrogens is 2. The first-order valence-electron chi connectivity index (χ1n) is 5.59. The van der Waals surface area contributed by atoms with Gasteiger partial charge in [0.15, 0.2) is 6.29 Å². The molecule has 0 atom stereocenters. The van der Waals surface area contributed by atoms with E-state index in [4.69, 9.17) is 0 Å². The lowest BCUT2D eigenvalue weighted by molar-refractivity contribution is 0.112. The number of aldehydes is 1. The van der Waals surface area contributed by atoms with Gasteiger partial charge in [0, 0.05) is 12.6 Å². The van der Waals surface area contributed by atoms with E-state index in [0.29, 0.717) is 5.69 Å². The monoisotopic (exact) mass is 228 g/mol. The van der Waals surface area contributed by atoms with Crippen molar-refractivity contribution in [3.8, 4) is 11.3 Å². The van der Waals surface area contributed by atoms with Gasteiger partial charge >= 0.3 is 0 Å². The van der Waals surface area contributed by atoms with Crippen molar-refractivity contribution >= 4 is 6.29 Å². The molecule has 0 saturated carbocycles. The second-order valence-corrected chi connectivity index (χ2v) is 4.46. The number of imidazole rings is 1. The molecule has 3 nitrogen and oxygen atoms in total. The first kappa shape index (κ1) is 11.6. The Bertz CT molecular complexity index is 582. The van der Waals surface area contributed by atoms with Crippen LogP contribution < -0.4 is 0 Å². The molecular weight excluding hydrogens is 212 g/mol. The fraction of sp³-hybridized carbons (Fsp3) is 0.286. The van der Waals surface area contributed by atoms with Gasteiger partial charge in [-0.25, -0.2) is 4.98 Å². The van der Waals surface area contributed by atoms with Crippen molar-refractivity contribution in [3.63, 3.8) is 0 Å². The van der Waals surface area contributed by atoms with Crippen LogP contribution in [-0.4, -0.2) is 15.8 Å². The average Bonchev–Trinajstić information content (AvgIpc) is 2.65. The van der Waals surface area contributed by atoms with Crippen LogP contribution in [0.1, 0.15) is 27.2 Å². The van der Waals surface area contributed by atoms with E-state index in [0.717, 1.165) is 17.5 Å². The standard InChI is InChI=1S/C14H16N2O/c1-9-5-11(3)12(6-10(9)2)14-13(7-17)15-8-16(14)4/h5-8H,1-4H3. The van der Waals surface area contributed by atoms with Gasteiger partial charge in [-0.05, 0) is 43.5 Å². The van der Waals surface area contributed by atoms with E-state index in [1.807, 2.05) is 11.6 Å². The Morgan fingerprint density at radius 3 is 2.41 bits per heavy atom. The molecule has 0 spiro atoms. The van der Waals surface area contributed by atoms with Crippen LogP contribution in [0.3, 0.4) is 0 Å².